The molecule has 0 aromatic heterocycles. The highest BCUT2D eigenvalue weighted by Crippen LogP contribution is 2.44. The van der Waals surface area contributed by atoms with E-state index in [0.29, 0.717) is 12.5 Å². The molecule has 0 unspecified atom stereocenters. The van der Waals surface area contributed by atoms with Crippen LogP contribution in [0.1, 0.15) is 12.8 Å². The van der Waals surface area contributed by atoms with E-state index in [0.717, 1.165) is 18.5 Å². The van der Waals surface area contributed by atoms with Crippen molar-refractivity contribution in [3.05, 3.63) is 30.1 Å². The largest absolute Gasteiger partial charge is 0.381 e. The van der Waals surface area contributed by atoms with Crippen LogP contribution in [-0.2, 0) is 4.74 Å². The average molecular weight is 249 g/mol. The molecule has 0 amide bonds. The van der Waals surface area contributed by atoms with Crippen molar-refractivity contribution in [3.8, 4) is 0 Å². The molecule has 1 aromatic rings. The van der Waals surface area contributed by atoms with Crippen LogP contribution in [0.3, 0.4) is 0 Å². The zero-order valence-electron chi connectivity index (χ0n) is 10.3. The minimum absolute atomic E-state index is 0.0669. The van der Waals surface area contributed by atoms with Gasteiger partial charge in [0.25, 0.3) is 0 Å². The summed E-state index contributed by atoms with van der Waals surface area (Å²) in [6.07, 6.45) is 2.09. The van der Waals surface area contributed by atoms with Crippen LogP contribution in [0, 0.1) is 5.82 Å². The second-order valence-electron chi connectivity index (χ2n) is 4.98. The number of methoxy groups -OCH3 is 1. The summed E-state index contributed by atoms with van der Waals surface area (Å²) in [7, 11) is 1.72. The van der Waals surface area contributed by atoms with Gasteiger partial charge < -0.3 is 15.4 Å². The molecule has 1 fully saturated rings. The molecule has 1 aromatic carbocycles. The van der Waals surface area contributed by atoms with Crippen molar-refractivity contribution in [2.75, 3.05) is 18.6 Å². The van der Waals surface area contributed by atoms with Crippen LogP contribution in [0.5, 0.6) is 0 Å². The van der Waals surface area contributed by atoms with E-state index >= 15 is 0 Å². The third-order valence-corrected chi connectivity index (χ3v) is 3.87. The molecule has 1 saturated carbocycles. The first-order chi connectivity index (χ1) is 8.64. The van der Waals surface area contributed by atoms with Gasteiger partial charge in [0.05, 0.1) is 18.2 Å². The highest BCUT2D eigenvalue weighted by Gasteiger charge is 2.53. The summed E-state index contributed by atoms with van der Waals surface area (Å²) in [5, 5.41) is 0. The number of aliphatic imine (C=N–C) groups is 1. The van der Waals surface area contributed by atoms with E-state index in [2.05, 4.69) is 4.99 Å². The molecular weight excluding hydrogens is 233 g/mol. The van der Waals surface area contributed by atoms with E-state index in [9.17, 15) is 4.39 Å². The molecule has 2 N–H and O–H groups in total. The van der Waals surface area contributed by atoms with E-state index in [1.165, 1.54) is 12.1 Å². The standard InChI is InChI=1S/C13H16FN3O/c1-18-11-6-13(7-11)8-16-12(15)17(13)10-4-2-9(14)3-5-10/h2-5,11H,6-8H2,1H3,(H2,15,16). The molecular formula is C13H16FN3O. The van der Waals surface area contributed by atoms with Crippen LogP contribution in [0.25, 0.3) is 0 Å². The number of benzene rings is 1. The Kier molecular flexibility index (Phi) is 2.52. The summed E-state index contributed by atoms with van der Waals surface area (Å²) in [5.74, 6) is 0.266. The summed E-state index contributed by atoms with van der Waals surface area (Å²) < 4.78 is 18.3. The van der Waals surface area contributed by atoms with Gasteiger partial charge in [-0.15, -0.1) is 0 Å². The Bertz CT molecular complexity index is 480. The Morgan fingerprint density at radius 2 is 2.06 bits per heavy atom. The number of nitrogens with two attached hydrogens (primary N) is 1. The molecule has 3 rings (SSSR count). The van der Waals surface area contributed by atoms with Crippen LogP contribution in [-0.4, -0.2) is 31.3 Å². The van der Waals surface area contributed by atoms with Gasteiger partial charge in [0.1, 0.15) is 5.82 Å². The summed E-state index contributed by atoms with van der Waals surface area (Å²) in [4.78, 5) is 6.35. The van der Waals surface area contributed by atoms with Crippen molar-refractivity contribution in [2.24, 2.45) is 10.7 Å². The van der Waals surface area contributed by atoms with E-state index in [4.69, 9.17) is 10.5 Å². The maximum absolute atomic E-state index is 13.0. The molecule has 1 spiro atoms. The fourth-order valence-electron chi connectivity index (χ4n) is 2.88. The second-order valence-corrected chi connectivity index (χ2v) is 4.98. The molecule has 2 aliphatic rings. The average Bonchev–Trinajstić information content (AvgIpc) is 2.66. The minimum atomic E-state index is -0.245. The molecule has 0 radical (unpaired) electrons. The van der Waals surface area contributed by atoms with Crippen LogP contribution in [0.15, 0.2) is 29.3 Å². The first kappa shape index (κ1) is 11.5. The molecule has 0 atom stereocenters. The lowest BCUT2D eigenvalue weighted by molar-refractivity contribution is -0.00653. The summed E-state index contributed by atoms with van der Waals surface area (Å²) in [6, 6.07) is 6.37. The van der Waals surface area contributed by atoms with Gasteiger partial charge >= 0.3 is 0 Å². The number of anilines is 1. The molecule has 1 aliphatic heterocycles. The van der Waals surface area contributed by atoms with Gasteiger partial charge in [0.2, 0.25) is 0 Å². The smallest absolute Gasteiger partial charge is 0.196 e. The number of guanidine groups is 1. The third kappa shape index (κ3) is 1.58. The van der Waals surface area contributed by atoms with Gasteiger partial charge in [-0.1, -0.05) is 0 Å². The maximum atomic E-state index is 13.0. The number of nitrogens with zero attached hydrogens (tertiary/aromatic N) is 2. The fourth-order valence-corrected chi connectivity index (χ4v) is 2.88. The summed E-state index contributed by atoms with van der Waals surface area (Å²) in [6.45, 7) is 0.691. The Balaban J connectivity index is 1.89. The van der Waals surface area contributed by atoms with Crippen LogP contribution < -0.4 is 10.6 Å². The molecule has 0 saturated heterocycles. The van der Waals surface area contributed by atoms with Gasteiger partial charge in [-0.3, -0.25) is 4.99 Å². The van der Waals surface area contributed by atoms with Crippen molar-refractivity contribution < 1.29 is 9.13 Å². The molecule has 1 heterocycles. The lowest BCUT2D eigenvalue weighted by atomic mass is 9.73. The highest BCUT2D eigenvalue weighted by atomic mass is 19.1. The normalized spacial score (nSPS) is 30.4. The van der Waals surface area contributed by atoms with Crippen molar-refractivity contribution in [2.45, 2.75) is 24.5 Å². The fraction of sp³-hybridized carbons (Fsp3) is 0.462. The van der Waals surface area contributed by atoms with Gasteiger partial charge in [-0.05, 0) is 37.1 Å². The van der Waals surface area contributed by atoms with Gasteiger partial charge in [-0.2, -0.15) is 0 Å². The maximum Gasteiger partial charge on any atom is 0.196 e. The Labute approximate surface area is 105 Å². The monoisotopic (exact) mass is 249 g/mol. The van der Waals surface area contributed by atoms with E-state index < -0.39 is 0 Å². The SMILES string of the molecule is COC1CC2(CN=C(N)N2c2ccc(F)cc2)C1. The molecule has 18 heavy (non-hydrogen) atoms. The Morgan fingerprint density at radius 1 is 1.39 bits per heavy atom. The first-order valence-corrected chi connectivity index (χ1v) is 6.03. The molecule has 5 heteroatoms. The summed E-state index contributed by atoms with van der Waals surface area (Å²) >= 11 is 0. The highest BCUT2D eigenvalue weighted by molar-refractivity contribution is 5.98. The van der Waals surface area contributed by atoms with Crippen molar-refractivity contribution in [1.29, 1.82) is 0 Å². The number of ether oxygens (including phenoxy) is 1. The van der Waals surface area contributed by atoms with Crippen LogP contribution in [0.2, 0.25) is 0 Å². The van der Waals surface area contributed by atoms with E-state index in [1.54, 1.807) is 19.2 Å². The minimum Gasteiger partial charge on any atom is -0.381 e. The lowest BCUT2D eigenvalue weighted by Crippen LogP contribution is -2.61. The third-order valence-electron chi connectivity index (χ3n) is 3.87. The summed E-state index contributed by atoms with van der Waals surface area (Å²) in [5.41, 5.74) is 6.79. The molecule has 1 aliphatic carbocycles. The van der Waals surface area contributed by atoms with Gasteiger partial charge in [-0.25, -0.2) is 4.39 Å². The number of rotatable bonds is 2. The number of hydrogen-bond acceptors (Lipinski definition) is 4. The zero-order chi connectivity index (χ0) is 12.8. The quantitative estimate of drug-likeness (QED) is 0.864. The first-order valence-electron chi connectivity index (χ1n) is 6.03. The van der Waals surface area contributed by atoms with Crippen LogP contribution in [0.4, 0.5) is 10.1 Å². The molecule has 0 bridgehead atoms. The zero-order valence-corrected chi connectivity index (χ0v) is 10.3. The van der Waals surface area contributed by atoms with E-state index in [-0.39, 0.29) is 17.5 Å². The number of halogens is 1. The molecule has 4 nitrogen and oxygen atoms in total. The van der Waals surface area contributed by atoms with Crippen molar-refractivity contribution in [3.63, 3.8) is 0 Å². The topological polar surface area (TPSA) is 50.9 Å². The second kappa shape index (κ2) is 3.95. The van der Waals surface area contributed by atoms with Crippen LogP contribution >= 0.6 is 0 Å². The molecule has 96 valence electrons. The van der Waals surface area contributed by atoms with Crippen molar-refractivity contribution >= 4 is 11.6 Å². The Hall–Kier alpha value is -1.62. The predicted octanol–water partition coefficient (Wildman–Crippen LogP) is 1.51. The van der Waals surface area contributed by atoms with E-state index in [1.807, 2.05) is 4.90 Å². The van der Waals surface area contributed by atoms with Gasteiger partial charge in [0, 0.05) is 12.8 Å². The van der Waals surface area contributed by atoms with Crippen molar-refractivity contribution in [1.82, 2.24) is 0 Å². The lowest BCUT2D eigenvalue weighted by Gasteiger charge is -2.50. The predicted molar refractivity (Wildman–Crippen MR) is 68.1 cm³/mol. The van der Waals surface area contributed by atoms with Gasteiger partial charge in [0.15, 0.2) is 5.96 Å². The Morgan fingerprint density at radius 3 is 2.67 bits per heavy atom. The number of hydrogen-bond donors (Lipinski definition) is 1.